The summed E-state index contributed by atoms with van der Waals surface area (Å²) in [7, 11) is 0. The van der Waals surface area contributed by atoms with E-state index in [1.54, 1.807) is 0 Å². The molecule has 4 atom stereocenters. The molecular weight excluding hydrogens is 490 g/mol. The Morgan fingerprint density at radius 2 is 1.57 bits per heavy atom. The van der Waals surface area contributed by atoms with Crippen LogP contribution >= 0.6 is 0 Å². The summed E-state index contributed by atoms with van der Waals surface area (Å²) in [5.74, 6) is -6.02. The highest BCUT2D eigenvalue weighted by atomic mass is 16.4. The molecule has 37 heavy (non-hydrogen) atoms. The Balaban J connectivity index is 2.23. The average molecular weight is 522 g/mol. The van der Waals surface area contributed by atoms with Gasteiger partial charge in [-0.3, -0.25) is 24.0 Å². The topological polar surface area (TPSA) is 237 Å². The van der Waals surface area contributed by atoms with Gasteiger partial charge >= 0.3 is 11.9 Å². The normalized spacial score (nSPS) is 17.1. The third kappa shape index (κ3) is 9.76. The number of aromatic hydroxyl groups is 1. The van der Waals surface area contributed by atoms with Gasteiger partial charge in [0.1, 0.15) is 23.9 Å². The quantitative estimate of drug-likeness (QED) is 0.133. The highest BCUT2D eigenvalue weighted by molar-refractivity contribution is 5.95. The first-order valence-corrected chi connectivity index (χ1v) is 11.6. The largest absolute Gasteiger partial charge is 0.508 e. The van der Waals surface area contributed by atoms with Gasteiger partial charge in [0, 0.05) is 12.8 Å². The van der Waals surface area contributed by atoms with Crippen molar-refractivity contribution in [3.8, 4) is 5.75 Å². The lowest BCUT2D eigenvalue weighted by Gasteiger charge is -2.25. The van der Waals surface area contributed by atoms with Crippen molar-refractivity contribution in [2.75, 3.05) is 6.54 Å². The van der Waals surface area contributed by atoms with Crippen LogP contribution in [0.1, 0.15) is 37.7 Å². The summed E-state index contributed by atoms with van der Waals surface area (Å²) < 4.78 is 0. The first-order chi connectivity index (χ1) is 17.5. The number of benzene rings is 1. The fourth-order valence-electron chi connectivity index (χ4n) is 3.74. The fourth-order valence-corrected chi connectivity index (χ4v) is 3.74. The summed E-state index contributed by atoms with van der Waals surface area (Å²) in [5.41, 5.74) is 5.54. The zero-order chi connectivity index (χ0) is 27.5. The van der Waals surface area contributed by atoms with Crippen molar-refractivity contribution in [1.82, 2.24) is 21.3 Å². The molecule has 2 rings (SSSR count). The molecular formula is C23H31N5O9. The second-order valence-electron chi connectivity index (χ2n) is 8.64. The van der Waals surface area contributed by atoms with Crippen LogP contribution in [0, 0.1) is 0 Å². The van der Waals surface area contributed by atoms with Gasteiger partial charge in [-0.15, -0.1) is 0 Å². The molecule has 0 bridgehead atoms. The van der Waals surface area contributed by atoms with Crippen LogP contribution in [0.5, 0.6) is 5.75 Å². The lowest BCUT2D eigenvalue weighted by molar-refractivity contribution is -0.143. The van der Waals surface area contributed by atoms with Gasteiger partial charge in [0.25, 0.3) is 0 Å². The van der Waals surface area contributed by atoms with E-state index >= 15 is 0 Å². The van der Waals surface area contributed by atoms with Gasteiger partial charge in [0.15, 0.2) is 0 Å². The van der Waals surface area contributed by atoms with Crippen LogP contribution in [0.25, 0.3) is 0 Å². The molecule has 1 saturated heterocycles. The van der Waals surface area contributed by atoms with Crippen LogP contribution < -0.4 is 27.0 Å². The predicted molar refractivity (Wildman–Crippen MR) is 127 cm³/mol. The number of phenols is 1. The van der Waals surface area contributed by atoms with Crippen LogP contribution in [0.2, 0.25) is 0 Å². The van der Waals surface area contributed by atoms with Crippen LogP contribution in [-0.2, 0) is 35.2 Å². The Bertz CT molecular complexity index is 1010. The van der Waals surface area contributed by atoms with Crippen LogP contribution in [-0.4, -0.2) is 81.6 Å². The van der Waals surface area contributed by atoms with Crippen molar-refractivity contribution < 1.29 is 44.1 Å². The van der Waals surface area contributed by atoms with Gasteiger partial charge in [-0.25, -0.2) is 4.79 Å². The van der Waals surface area contributed by atoms with Gasteiger partial charge < -0.3 is 42.3 Å². The Hall–Kier alpha value is -4.20. The summed E-state index contributed by atoms with van der Waals surface area (Å²) in [4.78, 5) is 72.4. The van der Waals surface area contributed by atoms with E-state index in [1.165, 1.54) is 24.3 Å². The predicted octanol–water partition coefficient (Wildman–Crippen LogP) is -2.03. The number of rotatable bonds is 14. The first kappa shape index (κ1) is 29.0. The molecule has 1 aromatic carbocycles. The van der Waals surface area contributed by atoms with E-state index in [9.17, 15) is 39.0 Å². The maximum atomic E-state index is 13.1. The minimum Gasteiger partial charge on any atom is -0.508 e. The number of carboxylic acids is 2. The van der Waals surface area contributed by atoms with E-state index in [0.29, 0.717) is 18.5 Å². The Morgan fingerprint density at radius 3 is 2.11 bits per heavy atom. The summed E-state index contributed by atoms with van der Waals surface area (Å²) >= 11 is 0. The summed E-state index contributed by atoms with van der Waals surface area (Å²) in [6, 6.07) is 0.808. The molecule has 1 aliphatic rings. The van der Waals surface area contributed by atoms with E-state index in [4.69, 9.17) is 10.8 Å². The number of hydrogen-bond acceptors (Lipinski definition) is 8. The fraction of sp³-hybridized carbons (Fsp3) is 0.478. The first-order valence-electron chi connectivity index (χ1n) is 11.6. The van der Waals surface area contributed by atoms with Crippen molar-refractivity contribution in [2.45, 2.75) is 62.7 Å². The molecule has 202 valence electrons. The van der Waals surface area contributed by atoms with Gasteiger partial charge in [0.05, 0.1) is 12.5 Å². The number of hydrogen-bond donors (Lipinski definition) is 8. The molecule has 1 fully saturated rings. The maximum absolute atomic E-state index is 13.1. The number of aliphatic carboxylic acids is 2. The van der Waals surface area contributed by atoms with Gasteiger partial charge in [-0.2, -0.15) is 0 Å². The summed E-state index contributed by atoms with van der Waals surface area (Å²) in [6.07, 6.45) is -0.231. The highest BCUT2D eigenvalue weighted by Gasteiger charge is 2.32. The van der Waals surface area contributed by atoms with Gasteiger partial charge in [-0.1, -0.05) is 12.1 Å². The van der Waals surface area contributed by atoms with Crippen LogP contribution in [0.15, 0.2) is 24.3 Å². The monoisotopic (exact) mass is 521 g/mol. The van der Waals surface area contributed by atoms with Crippen LogP contribution in [0.4, 0.5) is 0 Å². The number of carboxylic acid groups (broad SMARTS) is 2. The molecule has 9 N–H and O–H groups in total. The minimum atomic E-state index is -1.65. The third-order valence-corrected chi connectivity index (χ3v) is 5.69. The number of carbonyl (C=O) groups is 6. The van der Waals surface area contributed by atoms with Crippen molar-refractivity contribution in [3.63, 3.8) is 0 Å². The van der Waals surface area contributed by atoms with Crippen molar-refractivity contribution in [2.24, 2.45) is 5.73 Å². The SMILES string of the molecule is NC(=O)CC(NC(=O)C(Cc1ccc(O)cc1)NC(=O)C(CCC(=O)O)NC(=O)C1CCCN1)C(=O)O. The molecule has 0 spiro atoms. The van der Waals surface area contributed by atoms with E-state index < -0.39 is 72.6 Å². The molecule has 0 radical (unpaired) electrons. The number of amides is 4. The third-order valence-electron chi connectivity index (χ3n) is 5.69. The van der Waals surface area contributed by atoms with Crippen molar-refractivity contribution in [3.05, 3.63) is 29.8 Å². The number of primary amides is 1. The molecule has 0 saturated carbocycles. The summed E-state index contributed by atoms with van der Waals surface area (Å²) in [5, 5.41) is 38.0. The molecule has 14 heteroatoms. The zero-order valence-electron chi connectivity index (χ0n) is 19.9. The van der Waals surface area contributed by atoms with Crippen LogP contribution in [0.3, 0.4) is 0 Å². The second-order valence-corrected chi connectivity index (χ2v) is 8.64. The Morgan fingerprint density at radius 1 is 0.946 bits per heavy atom. The molecule has 14 nitrogen and oxygen atoms in total. The van der Waals surface area contributed by atoms with E-state index in [1.807, 2.05) is 0 Å². The lowest BCUT2D eigenvalue weighted by Crippen LogP contribution is -2.57. The molecule has 0 aliphatic carbocycles. The average Bonchev–Trinajstić information content (AvgIpc) is 3.36. The molecule has 1 heterocycles. The maximum Gasteiger partial charge on any atom is 0.326 e. The van der Waals surface area contributed by atoms with Gasteiger partial charge in [-0.05, 0) is 43.5 Å². The Kier molecular flexibility index (Phi) is 10.8. The number of nitrogens with two attached hydrogens (primary N) is 1. The van der Waals surface area contributed by atoms with Gasteiger partial charge in [0.2, 0.25) is 23.6 Å². The summed E-state index contributed by atoms with van der Waals surface area (Å²) in [6.45, 7) is 0.620. The lowest BCUT2D eigenvalue weighted by atomic mass is 10.0. The minimum absolute atomic E-state index is 0.0434. The Labute approximate surface area is 212 Å². The molecule has 0 aromatic heterocycles. The number of phenolic OH excluding ortho intramolecular Hbond substituents is 1. The molecule has 1 aliphatic heterocycles. The zero-order valence-corrected chi connectivity index (χ0v) is 19.9. The van der Waals surface area contributed by atoms with E-state index in [2.05, 4.69) is 21.3 Å². The molecule has 4 unspecified atom stereocenters. The van der Waals surface area contributed by atoms with Crippen molar-refractivity contribution in [1.29, 1.82) is 0 Å². The van der Waals surface area contributed by atoms with E-state index in [0.717, 1.165) is 6.42 Å². The number of carbonyl (C=O) groups excluding carboxylic acids is 4. The highest BCUT2D eigenvalue weighted by Crippen LogP contribution is 2.13. The number of nitrogens with one attached hydrogen (secondary N) is 4. The smallest absolute Gasteiger partial charge is 0.326 e. The van der Waals surface area contributed by atoms with E-state index in [-0.39, 0.29) is 18.6 Å². The molecule has 4 amide bonds. The molecule has 1 aromatic rings. The second kappa shape index (κ2) is 13.8. The standard InChI is InChI=1S/C23H31N5O9/c24-18(30)11-17(23(36)37)28-22(35)16(10-12-3-5-13(29)6-4-12)27-21(34)15(7-8-19(31)32)26-20(33)14-2-1-9-25-14/h3-6,14-17,25,29H,1-2,7-11H2,(H2,24,30)(H,26,33)(H,27,34)(H,28,35)(H,31,32)(H,36,37). The van der Waals surface area contributed by atoms with Crippen molar-refractivity contribution >= 4 is 35.6 Å².